The molecule has 0 aliphatic heterocycles. The van der Waals surface area contributed by atoms with E-state index >= 15 is 0 Å². The zero-order valence-corrected chi connectivity index (χ0v) is 11.4. The maximum absolute atomic E-state index is 8.79. The number of rotatable bonds is 5. The highest BCUT2D eigenvalue weighted by Crippen LogP contribution is 2.28. The summed E-state index contributed by atoms with van der Waals surface area (Å²) in [5.41, 5.74) is 9.08. The summed E-state index contributed by atoms with van der Waals surface area (Å²) in [4.78, 5) is 0. The van der Waals surface area contributed by atoms with Gasteiger partial charge in [0, 0.05) is 11.4 Å². The minimum atomic E-state index is 0.300. The molecule has 0 unspecified atom stereocenters. The van der Waals surface area contributed by atoms with Gasteiger partial charge in [0.15, 0.2) is 0 Å². The molecule has 20 heavy (non-hydrogen) atoms. The summed E-state index contributed by atoms with van der Waals surface area (Å²) in [6, 6.07) is 15.4. The zero-order chi connectivity index (χ0) is 14.4. The van der Waals surface area contributed by atoms with Crippen LogP contribution in [0, 0.1) is 11.3 Å². The van der Waals surface area contributed by atoms with Crippen molar-refractivity contribution in [2.75, 3.05) is 17.7 Å². The topological polar surface area (TPSA) is 71.1 Å². The number of nitrogens with one attached hydrogen (secondary N) is 1. The van der Waals surface area contributed by atoms with Gasteiger partial charge in [-0.15, -0.1) is 0 Å². The Kier molecular flexibility index (Phi) is 4.46. The van der Waals surface area contributed by atoms with Crippen LogP contribution in [0.5, 0.6) is 5.75 Å². The van der Waals surface area contributed by atoms with E-state index in [1.807, 2.05) is 43.3 Å². The normalized spacial score (nSPS) is 9.80. The van der Waals surface area contributed by atoms with Gasteiger partial charge in [-0.25, -0.2) is 0 Å². The molecule has 0 amide bonds. The van der Waals surface area contributed by atoms with Gasteiger partial charge in [-0.3, -0.25) is 0 Å². The summed E-state index contributed by atoms with van der Waals surface area (Å²) in [6.45, 7) is 2.56. The van der Waals surface area contributed by atoms with Crippen molar-refractivity contribution in [3.8, 4) is 11.8 Å². The molecule has 2 rings (SSSR count). The molecule has 0 atom stereocenters. The number of nitrogens with zero attached hydrogens (tertiary/aromatic N) is 1. The van der Waals surface area contributed by atoms with Crippen LogP contribution in [0.2, 0.25) is 0 Å². The predicted octanol–water partition coefficient (Wildman–Crippen LogP) is 3.48. The molecule has 4 heteroatoms. The van der Waals surface area contributed by atoms with Gasteiger partial charge < -0.3 is 15.8 Å². The second-order valence-electron chi connectivity index (χ2n) is 4.30. The molecule has 0 saturated heterocycles. The second-order valence-corrected chi connectivity index (χ2v) is 4.30. The van der Waals surface area contributed by atoms with Crippen LogP contribution in [0.4, 0.5) is 17.1 Å². The van der Waals surface area contributed by atoms with E-state index in [0.717, 1.165) is 22.7 Å². The maximum atomic E-state index is 8.79. The van der Waals surface area contributed by atoms with Crippen LogP contribution in [0.1, 0.15) is 12.5 Å². The third-order valence-electron chi connectivity index (χ3n) is 2.88. The van der Waals surface area contributed by atoms with Crippen molar-refractivity contribution in [3.63, 3.8) is 0 Å². The number of hydrogen-bond donors (Lipinski definition) is 2. The van der Waals surface area contributed by atoms with Crippen LogP contribution >= 0.6 is 0 Å². The quantitative estimate of drug-likeness (QED) is 0.814. The molecular weight excluding hydrogens is 250 g/mol. The summed E-state index contributed by atoms with van der Waals surface area (Å²) in [5, 5.41) is 12.1. The third kappa shape index (κ3) is 3.21. The molecular formula is C16H17N3O. The van der Waals surface area contributed by atoms with Gasteiger partial charge in [0.05, 0.1) is 24.8 Å². The summed E-state index contributed by atoms with van der Waals surface area (Å²) >= 11 is 0. The molecule has 2 aromatic carbocycles. The lowest BCUT2D eigenvalue weighted by atomic mass is 10.1. The third-order valence-corrected chi connectivity index (χ3v) is 2.88. The Bertz CT molecular complexity index is 632. The Morgan fingerprint density at radius 1 is 1.25 bits per heavy atom. The van der Waals surface area contributed by atoms with Crippen LogP contribution in [-0.2, 0) is 6.42 Å². The number of nitrogens with two attached hydrogens (primary N) is 1. The lowest BCUT2D eigenvalue weighted by Crippen LogP contribution is -1.99. The second kappa shape index (κ2) is 6.48. The molecule has 3 N–H and O–H groups in total. The highest BCUT2D eigenvalue weighted by atomic mass is 16.5. The first-order valence-corrected chi connectivity index (χ1v) is 6.48. The highest BCUT2D eigenvalue weighted by Gasteiger charge is 2.05. The average Bonchev–Trinajstić information content (AvgIpc) is 2.45. The first kappa shape index (κ1) is 13.8. The zero-order valence-electron chi connectivity index (χ0n) is 11.4. The molecule has 0 saturated carbocycles. The van der Waals surface area contributed by atoms with E-state index in [0.29, 0.717) is 18.7 Å². The number of nitrogen functional groups attached to an aromatic ring is 1. The van der Waals surface area contributed by atoms with Crippen molar-refractivity contribution in [2.45, 2.75) is 13.3 Å². The molecule has 0 bridgehead atoms. The van der Waals surface area contributed by atoms with Crippen molar-refractivity contribution in [1.29, 1.82) is 5.26 Å². The standard InChI is InChI=1S/C16H17N3O/c1-2-20-16-6-4-3-5-15(16)19-13-7-8-14(18)12(11-13)9-10-17/h3-8,11,19H,2,9,18H2,1H3. The van der Waals surface area contributed by atoms with Crippen molar-refractivity contribution >= 4 is 17.1 Å². The Labute approximate surface area is 118 Å². The first-order valence-electron chi connectivity index (χ1n) is 6.48. The fourth-order valence-electron chi connectivity index (χ4n) is 1.93. The minimum absolute atomic E-state index is 0.300. The van der Waals surface area contributed by atoms with Gasteiger partial charge in [-0.2, -0.15) is 5.26 Å². The molecule has 2 aromatic rings. The van der Waals surface area contributed by atoms with Gasteiger partial charge in [0.2, 0.25) is 0 Å². The lowest BCUT2D eigenvalue weighted by molar-refractivity contribution is 0.342. The van der Waals surface area contributed by atoms with E-state index in [2.05, 4.69) is 11.4 Å². The number of benzene rings is 2. The van der Waals surface area contributed by atoms with E-state index in [4.69, 9.17) is 15.7 Å². The minimum Gasteiger partial charge on any atom is -0.492 e. The Balaban J connectivity index is 2.26. The van der Waals surface area contributed by atoms with Gasteiger partial charge >= 0.3 is 0 Å². The van der Waals surface area contributed by atoms with Gasteiger partial charge in [-0.05, 0) is 42.8 Å². The molecule has 4 nitrogen and oxygen atoms in total. The molecule has 0 aliphatic rings. The van der Waals surface area contributed by atoms with Crippen molar-refractivity contribution in [3.05, 3.63) is 48.0 Å². The smallest absolute Gasteiger partial charge is 0.142 e. The number of para-hydroxylation sites is 2. The SMILES string of the molecule is CCOc1ccccc1Nc1ccc(N)c(CC#N)c1. The Hall–Kier alpha value is -2.67. The van der Waals surface area contributed by atoms with E-state index < -0.39 is 0 Å². The van der Waals surface area contributed by atoms with Crippen molar-refractivity contribution in [1.82, 2.24) is 0 Å². The fourth-order valence-corrected chi connectivity index (χ4v) is 1.93. The lowest BCUT2D eigenvalue weighted by Gasteiger charge is -2.13. The summed E-state index contributed by atoms with van der Waals surface area (Å²) in [6.07, 6.45) is 0.300. The Morgan fingerprint density at radius 2 is 2.05 bits per heavy atom. The van der Waals surface area contributed by atoms with Crippen LogP contribution in [0.25, 0.3) is 0 Å². The number of anilines is 3. The predicted molar refractivity (Wildman–Crippen MR) is 81.1 cm³/mol. The maximum Gasteiger partial charge on any atom is 0.142 e. The van der Waals surface area contributed by atoms with Gasteiger partial charge in [-0.1, -0.05) is 12.1 Å². The number of ether oxygens (including phenoxy) is 1. The van der Waals surface area contributed by atoms with Crippen LogP contribution in [0.15, 0.2) is 42.5 Å². The summed E-state index contributed by atoms with van der Waals surface area (Å²) in [5.74, 6) is 0.800. The Morgan fingerprint density at radius 3 is 2.80 bits per heavy atom. The van der Waals surface area contributed by atoms with Crippen LogP contribution in [0.3, 0.4) is 0 Å². The number of hydrogen-bond acceptors (Lipinski definition) is 4. The van der Waals surface area contributed by atoms with Crippen molar-refractivity contribution < 1.29 is 4.74 Å². The van der Waals surface area contributed by atoms with Crippen molar-refractivity contribution in [2.24, 2.45) is 0 Å². The molecule has 102 valence electrons. The molecule has 0 aromatic heterocycles. The largest absolute Gasteiger partial charge is 0.492 e. The van der Waals surface area contributed by atoms with E-state index in [9.17, 15) is 0 Å². The molecule has 0 aliphatic carbocycles. The van der Waals surface area contributed by atoms with E-state index in [-0.39, 0.29) is 0 Å². The monoisotopic (exact) mass is 267 g/mol. The average molecular weight is 267 g/mol. The number of nitriles is 1. The molecule has 0 heterocycles. The van der Waals surface area contributed by atoms with E-state index in [1.165, 1.54) is 0 Å². The van der Waals surface area contributed by atoms with Gasteiger partial charge in [0.1, 0.15) is 5.75 Å². The van der Waals surface area contributed by atoms with Crippen LogP contribution < -0.4 is 15.8 Å². The first-order chi connectivity index (χ1) is 9.74. The highest BCUT2D eigenvalue weighted by molar-refractivity contribution is 5.68. The molecule has 0 spiro atoms. The summed E-state index contributed by atoms with van der Waals surface area (Å²) in [7, 11) is 0. The van der Waals surface area contributed by atoms with E-state index in [1.54, 1.807) is 6.07 Å². The van der Waals surface area contributed by atoms with Gasteiger partial charge in [0.25, 0.3) is 0 Å². The summed E-state index contributed by atoms with van der Waals surface area (Å²) < 4.78 is 5.57. The molecule has 0 fully saturated rings. The fraction of sp³-hybridized carbons (Fsp3) is 0.188. The molecule has 0 radical (unpaired) electrons. The van der Waals surface area contributed by atoms with Crippen LogP contribution in [-0.4, -0.2) is 6.61 Å².